The number of aliphatic hydroxyl groups is 1. The first kappa shape index (κ1) is 13.0. The quantitative estimate of drug-likeness (QED) is 0.847. The van der Waals surface area contributed by atoms with Crippen LogP contribution in [0.2, 0.25) is 0 Å². The van der Waals surface area contributed by atoms with E-state index in [0.717, 1.165) is 11.3 Å². The van der Waals surface area contributed by atoms with Gasteiger partial charge in [0.2, 0.25) is 0 Å². The Labute approximate surface area is 107 Å². The zero-order chi connectivity index (χ0) is 12.5. The van der Waals surface area contributed by atoms with Crippen LogP contribution >= 0.6 is 11.3 Å². The van der Waals surface area contributed by atoms with E-state index in [4.69, 9.17) is 4.74 Å². The van der Waals surface area contributed by atoms with Crippen LogP contribution in [0.4, 0.5) is 0 Å². The fourth-order valence-electron chi connectivity index (χ4n) is 2.47. The summed E-state index contributed by atoms with van der Waals surface area (Å²) in [5.74, 6) is 0. The predicted molar refractivity (Wildman–Crippen MR) is 70.3 cm³/mol. The molecule has 3 unspecified atom stereocenters. The molecule has 1 aromatic rings. The molecule has 96 valence electrons. The Hall–Kier alpha value is -0.420. The van der Waals surface area contributed by atoms with Crippen molar-refractivity contribution in [3.05, 3.63) is 22.4 Å². The van der Waals surface area contributed by atoms with Gasteiger partial charge in [-0.3, -0.25) is 0 Å². The van der Waals surface area contributed by atoms with Gasteiger partial charge >= 0.3 is 0 Å². The minimum absolute atomic E-state index is 0.157. The summed E-state index contributed by atoms with van der Waals surface area (Å²) >= 11 is 1.60. The second-order valence-corrected chi connectivity index (χ2v) is 6.25. The van der Waals surface area contributed by atoms with Crippen molar-refractivity contribution in [2.24, 2.45) is 5.41 Å². The van der Waals surface area contributed by atoms with E-state index in [-0.39, 0.29) is 5.41 Å². The van der Waals surface area contributed by atoms with E-state index in [2.05, 4.69) is 19.2 Å². The fraction of sp³-hybridized carbons (Fsp3) is 0.692. The minimum Gasteiger partial charge on any atom is -0.386 e. The molecule has 1 aliphatic rings. The summed E-state index contributed by atoms with van der Waals surface area (Å²) in [5.41, 5.74) is 0.157. The van der Waals surface area contributed by atoms with Crippen LogP contribution in [0.1, 0.15) is 31.2 Å². The van der Waals surface area contributed by atoms with Crippen LogP contribution in [-0.2, 0) is 4.74 Å². The number of aliphatic hydroxyl groups excluding tert-OH is 1. The van der Waals surface area contributed by atoms with Crippen molar-refractivity contribution < 1.29 is 9.84 Å². The molecule has 3 atom stereocenters. The number of ether oxygens (including phenoxy) is 1. The van der Waals surface area contributed by atoms with Crippen molar-refractivity contribution in [2.75, 3.05) is 13.7 Å². The van der Waals surface area contributed by atoms with Crippen molar-refractivity contribution in [2.45, 2.75) is 38.5 Å². The van der Waals surface area contributed by atoms with Gasteiger partial charge in [0.1, 0.15) is 6.10 Å². The van der Waals surface area contributed by atoms with Gasteiger partial charge in [-0.15, -0.1) is 11.3 Å². The lowest BCUT2D eigenvalue weighted by molar-refractivity contribution is -0.0991. The first-order chi connectivity index (χ1) is 8.05. The van der Waals surface area contributed by atoms with Crippen LogP contribution in [0.15, 0.2) is 17.5 Å². The van der Waals surface area contributed by atoms with Crippen molar-refractivity contribution in [1.82, 2.24) is 5.32 Å². The molecule has 0 saturated heterocycles. The highest BCUT2D eigenvalue weighted by atomic mass is 32.1. The van der Waals surface area contributed by atoms with Crippen molar-refractivity contribution in [1.29, 1.82) is 0 Å². The Bertz CT molecular complexity index is 350. The van der Waals surface area contributed by atoms with E-state index in [0.29, 0.717) is 18.7 Å². The third-order valence-corrected chi connectivity index (χ3v) is 4.86. The van der Waals surface area contributed by atoms with Crippen LogP contribution in [0.3, 0.4) is 0 Å². The molecule has 2 N–H and O–H groups in total. The van der Waals surface area contributed by atoms with E-state index in [9.17, 15) is 5.11 Å². The summed E-state index contributed by atoms with van der Waals surface area (Å²) in [7, 11) is 1.77. The van der Waals surface area contributed by atoms with Crippen LogP contribution in [-0.4, -0.2) is 30.9 Å². The zero-order valence-corrected chi connectivity index (χ0v) is 11.5. The molecule has 4 heteroatoms. The van der Waals surface area contributed by atoms with Gasteiger partial charge in [0, 0.05) is 30.0 Å². The molecule has 0 bridgehead atoms. The Morgan fingerprint density at radius 3 is 2.94 bits per heavy atom. The Morgan fingerprint density at radius 1 is 1.65 bits per heavy atom. The maximum Gasteiger partial charge on any atom is 0.101 e. The third kappa shape index (κ3) is 2.55. The summed E-state index contributed by atoms with van der Waals surface area (Å²) in [6.07, 6.45) is 0.965. The normalized spacial score (nSPS) is 28.7. The molecule has 3 nitrogen and oxygen atoms in total. The fourth-order valence-corrected chi connectivity index (χ4v) is 3.18. The smallest absolute Gasteiger partial charge is 0.101 e. The molecule has 0 spiro atoms. The average Bonchev–Trinajstić information content (AvgIpc) is 2.81. The van der Waals surface area contributed by atoms with Gasteiger partial charge in [-0.1, -0.05) is 19.9 Å². The standard InChI is InChI=1S/C13H21NO2S/c1-13(2)11(7-12(13)16-3)14-8-9(15)10-5-4-6-17-10/h4-6,9,11-12,14-15H,7-8H2,1-3H3. The van der Waals surface area contributed by atoms with Gasteiger partial charge in [-0.05, 0) is 17.9 Å². The van der Waals surface area contributed by atoms with Gasteiger partial charge < -0.3 is 15.2 Å². The molecule has 1 fully saturated rings. The van der Waals surface area contributed by atoms with E-state index < -0.39 is 6.10 Å². The first-order valence-corrected chi connectivity index (χ1v) is 6.91. The highest BCUT2D eigenvalue weighted by molar-refractivity contribution is 7.10. The molecule has 0 aliphatic heterocycles. The van der Waals surface area contributed by atoms with E-state index in [1.165, 1.54) is 0 Å². The third-order valence-electron chi connectivity index (χ3n) is 3.89. The summed E-state index contributed by atoms with van der Waals surface area (Å²) in [6.45, 7) is 5.03. The van der Waals surface area contributed by atoms with Gasteiger partial charge in [-0.2, -0.15) is 0 Å². The van der Waals surface area contributed by atoms with Gasteiger partial charge in [0.15, 0.2) is 0 Å². The molecule has 2 rings (SSSR count). The van der Waals surface area contributed by atoms with Crippen LogP contribution in [0.25, 0.3) is 0 Å². The summed E-state index contributed by atoms with van der Waals surface area (Å²) < 4.78 is 5.41. The van der Waals surface area contributed by atoms with E-state index in [1.54, 1.807) is 18.4 Å². The minimum atomic E-state index is -0.396. The molecule has 17 heavy (non-hydrogen) atoms. The Balaban J connectivity index is 1.80. The molecule has 1 saturated carbocycles. The lowest BCUT2D eigenvalue weighted by Crippen LogP contribution is -2.61. The Morgan fingerprint density at radius 2 is 2.41 bits per heavy atom. The molecule has 0 radical (unpaired) electrons. The highest BCUT2D eigenvalue weighted by Crippen LogP contribution is 2.42. The molecule has 1 aliphatic carbocycles. The Kier molecular flexibility index (Phi) is 3.88. The summed E-state index contributed by atoms with van der Waals surface area (Å²) in [6, 6.07) is 4.38. The monoisotopic (exact) mass is 255 g/mol. The molecule has 0 amide bonds. The van der Waals surface area contributed by atoms with Crippen molar-refractivity contribution in [3.63, 3.8) is 0 Å². The SMILES string of the molecule is COC1CC(NCC(O)c2cccs2)C1(C)C. The van der Waals surface area contributed by atoms with Crippen LogP contribution < -0.4 is 5.32 Å². The topological polar surface area (TPSA) is 41.5 Å². The first-order valence-electron chi connectivity index (χ1n) is 6.03. The number of hydrogen-bond acceptors (Lipinski definition) is 4. The second kappa shape index (κ2) is 5.06. The maximum absolute atomic E-state index is 9.99. The summed E-state index contributed by atoms with van der Waals surface area (Å²) in [4.78, 5) is 1.03. The maximum atomic E-state index is 9.99. The number of hydrogen-bond donors (Lipinski definition) is 2. The van der Waals surface area contributed by atoms with Crippen molar-refractivity contribution >= 4 is 11.3 Å². The highest BCUT2D eigenvalue weighted by Gasteiger charge is 2.48. The number of rotatable bonds is 5. The summed E-state index contributed by atoms with van der Waals surface area (Å²) in [5, 5.41) is 15.4. The predicted octanol–water partition coefficient (Wildman–Crippen LogP) is 2.18. The molecular weight excluding hydrogens is 234 g/mol. The van der Waals surface area contributed by atoms with Gasteiger partial charge in [0.05, 0.1) is 6.10 Å². The molecular formula is C13H21NO2S. The lowest BCUT2D eigenvalue weighted by Gasteiger charge is -2.51. The molecule has 1 heterocycles. The zero-order valence-electron chi connectivity index (χ0n) is 10.6. The molecule has 0 aromatic carbocycles. The lowest BCUT2D eigenvalue weighted by atomic mass is 9.64. The number of methoxy groups -OCH3 is 1. The number of nitrogens with one attached hydrogen (secondary N) is 1. The average molecular weight is 255 g/mol. The van der Waals surface area contributed by atoms with Gasteiger partial charge in [0.25, 0.3) is 0 Å². The number of thiophene rings is 1. The van der Waals surface area contributed by atoms with Gasteiger partial charge in [-0.25, -0.2) is 0 Å². The second-order valence-electron chi connectivity index (χ2n) is 5.27. The van der Waals surface area contributed by atoms with E-state index in [1.807, 2.05) is 17.5 Å². The van der Waals surface area contributed by atoms with E-state index >= 15 is 0 Å². The molecule has 1 aromatic heterocycles. The van der Waals surface area contributed by atoms with Crippen LogP contribution in [0.5, 0.6) is 0 Å². The van der Waals surface area contributed by atoms with Crippen molar-refractivity contribution in [3.8, 4) is 0 Å². The largest absolute Gasteiger partial charge is 0.386 e. The van der Waals surface area contributed by atoms with Crippen LogP contribution in [0, 0.1) is 5.41 Å².